The molecule has 16 heavy (non-hydrogen) atoms. The zero-order valence-corrected chi connectivity index (χ0v) is 10.8. The number of likely N-dealkylation sites (N-methyl/N-ethyl adjacent to an activating group) is 2. The van der Waals surface area contributed by atoms with Gasteiger partial charge in [0.15, 0.2) is 0 Å². The maximum Gasteiger partial charge on any atom is 0.320 e. The first-order valence-electron chi connectivity index (χ1n) is 6.05. The number of likely N-dealkylation sites (tertiary alicyclic amines) is 1. The molecule has 2 atom stereocenters. The zero-order valence-electron chi connectivity index (χ0n) is 10.8. The highest BCUT2D eigenvalue weighted by Gasteiger charge is 2.31. The fourth-order valence-corrected chi connectivity index (χ4v) is 2.39. The molecule has 1 saturated heterocycles. The van der Waals surface area contributed by atoms with E-state index in [-0.39, 0.29) is 6.04 Å². The summed E-state index contributed by atoms with van der Waals surface area (Å²) < 4.78 is 0. The Bertz CT molecular complexity index is 243. The lowest BCUT2D eigenvalue weighted by Crippen LogP contribution is -2.46. The fraction of sp³-hybridized carbons (Fsp3) is 0.917. The van der Waals surface area contributed by atoms with Crippen LogP contribution in [0.25, 0.3) is 0 Å². The van der Waals surface area contributed by atoms with Crippen LogP contribution < -0.4 is 0 Å². The number of aliphatic carboxylic acids is 1. The SMILES string of the molecule is CC(C)CC(C(=O)O)N(C)C1CCN(C)C1. The molecule has 0 bridgehead atoms. The van der Waals surface area contributed by atoms with Crippen molar-refractivity contribution in [1.29, 1.82) is 0 Å². The Labute approximate surface area is 98.2 Å². The molecule has 1 rings (SSSR count). The van der Waals surface area contributed by atoms with E-state index in [0.717, 1.165) is 25.9 Å². The Morgan fingerprint density at radius 2 is 2.19 bits per heavy atom. The van der Waals surface area contributed by atoms with Crippen molar-refractivity contribution in [2.75, 3.05) is 27.2 Å². The van der Waals surface area contributed by atoms with E-state index in [2.05, 4.69) is 25.8 Å². The number of carbonyl (C=O) groups is 1. The van der Waals surface area contributed by atoms with E-state index in [1.165, 1.54) is 0 Å². The molecule has 1 N–H and O–H groups in total. The Morgan fingerprint density at radius 3 is 2.56 bits per heavy atom. The summed E-state index contributed by atoms with van der Waals surface area (Å²) in [7, 11) is 4.04. The second-order valence-corrected chi connectivity index (χ2v) is 5.35. The topological polar surface area (TPSA) is 43.8 Å². The fourth-order valence-electron chi connectivity index (χ4n) is 2.39. The van der Waals surface area contributed by atoms with E-state index in [9.17, 15) is 9.90 Å². The predicted octanol–water partition coefficient (Wildman–Crippen LogP) is 1.12. The number of rotatable bonds is 5. The summed E-state index contributed by atoms with van der Waals surface area (Å²) in [6, 6.07) is 0.0568. The Balaban J connectivity index is 2.59. The molecule has 0 amide bonds. The molecule has 1 aliphatic rings. The third-order valence-corrected chi connectivity index (χ3v) is 3.41. The van der Waals surface area contributed by atoms with Gasteiger partial charge in [0, 0.05) is 12.6 Å². The van der Waals surface area contributed by atoms with E-state index in [0.29, 0.717) is 12.0 Å². The molecule has 1 heterocycles. The van der Waals surface area contributed by atoms with E-state index in [1.807, 2.05) is 11.9 Å². The summed E-state index contributed by atoms with van der Waals surface area (Å²) in [6.07, 6.45) is 1.81. The summed E-state index contributed by atoms with van der Waals surface area (Å²) in [5.41, 5.74) is 0. The molecule has 94 valence electrons. The highest BCUT2D eigenvalue weighted by molar-refractivity contribution is 5.73. The standard InChI is InChI=1S/C12H24N2O2/c1-9(2)7-11(12(15)16)14(4)10-5-6-13(3)8-10/h9-11H,5-8H2,1-4H3,(H,15,16). The number of hydrogen-bond acceptors (Lipinski definition) is 3. The molecule has 0 saturated carbocycles. The minimum atomic E-state index is -0.689. The lowest BCUT2D eigenvalue weighted by atomic mass is 10.0. The maximum atomic E-state index is 11.3. The van der Waals surface area contributed by atoms with Crippen molar-refractivity contribution in [2.24, 2.45) is 5.92 Å². The Hall–Kier alpha value is -0.610. The highest BCUT2D eigenvalue weighted by atomic mass is 16.4. The second kappa shape index (κ2) is 5.64. The smallest absolute Gasteiger partial charge is 0.320 e. The van der Waals surface area contributed by atoms with Crippen molar-refractivity contribution < 1.29 is 9.90 Å². The van der Waals surface area contributed by atoms with Crippen molar-refractivity contribution >= 4 is 5.97 Å². The molecule has 4 nitrogen and oxygen atoms in total. The molecular weight excluding hydrogens is 204 g/mol. The van der Waals surface area contributed by atoms with Gasteiger partial charge in [0.1, 0.15) is 6.04 Å². The maximum absolute atomic E-state index is 11.3. The van der Waals surface area contributed by atoms with Crippen LogP contribution in [0.2, 0.25) is 0 Å². The van der Waals surface area contributed by atoms with Crippen LogP contribution in [-0.4, -0.2) is 60.1 Å². The summed E-state index contributed by atoms with van der Waals surface area (Å²) in [5, 5.41) is 9.26. The van der Waals surface area contributed by atoms with Gasteiger partial charge in [-0.05, 0) is 39.4 Å². The van der Waals surface area contributed by atoms with Crippen molar-refractivity contribution in [2.45, 2.75) is 38.8 Å². The Kier molecular flexibility index (Phi) is 4.74. The van der Waals surface area contributed by atoms with Crippen molar-refractivity contribution in [3.8, 4) is 0 Å². The largest absolute Gasteiger partial charge is 0.480 e. The average Bonchev–Trinajstić information content (AvgIpc) is 2.59. The summed E-state index contributed by atoms with van der Waals surface area (Å²) >= 11 is 0. The van der Waals surface area contributed by atoms with Crippen LogP contribution in [0.4, 0.5) is 0 Å². The molecule has 0 aromatic heterocycles. The first-order chi connectivity index (χ1) is 7.41. The van der Waals surface area contributed by atoms with Gasteiger partial charge >= 0.3 is 5.97 Å². The highest BCUT2D eigenvalue weighted by Crippen LogP contribution is 2.19. The number of nitrogens with zero attached hydrogens (tertiary/aromatic N) is 2. The van der Waals surface area contributed by atoms with Crippen LogP contribution in [-0.2, 0) is 4.79 Å². The molecule has 0 aromatic carbocycles. The molecule has 0 aliphatic carbocycles. The van der Waals surface area contributed by atoms with Gasteiger partial charge in [-0.25, -0.2) is 0 Å². The molecule has 0 aromatic rings. The molecule has 0 spiro atoms. The van der Waals surface area contributed by atoms with Gasteiger partial charge < -0.3 is 10.0 Å². The molecule has 2 unspecified atom stereocenters. The van der Waals surface area contributed by atoms with E-state index in [4.69, 9.17) is 0 Å². The molecule has 1 fully saturated rings. The van der Waals surface area contributed by atoms with Crippen LogP contribution in [0.5, 0.6) is 0 Å². The van der Waals surface area contributed by atoms with Gasteiger partial charge in [-0.3, -0.25) is 9.69 Å². The monoisotopic (exact) mass is 228 g/mol. The van der Waals surface area contributed by atoms with Crippen LogP contribution in [0.15, 0.2) is 0 Å². The van der Waals surface area contributed by atoms with Gasteiger partial charge in [-0.1, -0.05) is 13.8 Å². The molecular formula is C12H24N2O2. The van der Waals surface area contributed by atoms with Crippen molar-refractivity contribution in [3.05, 3.63) is 0 Å². The lowest BCUT2D eigenvalue weighted by Gasteiger charge is -2.31. The van der Waals surface area contributed by atoms with Gasteiger partial charge in [0.25, 0.3) is 0 Å². The van der Waals surface area contributed by atoms with Gasteiger partial charge in [0.2, 0.25) is 0 Å². The number of carboxylic acids is 1. The van der Waals surface area contributed by atoms with E-state index >= 15 is 0 Å². The van der Waals surface area contributed by atoms with Crippen LogP contribution >= 0.6 is 0 Å². The van der Waals surface area contributed by atoms with Crippen molar-refractivity contribution in [1.82, 2.24) is 9.80 Å². The summed E-state index contributed by atoms with van der Waals surface area (Å²) in [6.45, 7) is 6.20. The second-order valence-electron chi connectivity index (χ2n) is 5.35. The molecule has 4 heteroatoms. The predicted molar refractivity (Wildman–Crippen MR) is 64.5 cm³/mol. The summed E-state index contributed by atoms with van der Waals surface area (Å²) in [5.74, 6) is -0.270. The van der Waals surface area contributed by atoms with Crippen molar-refractivity contribution in [3.63, 3.8) is 0 Å². The molecule has 1 aliphatic heterocycles. The van der Waals surface area contributed by atoms with Gasteiger partial charge in [-0.15, -0.1) is 0 Å². The van der Waals surface area contributed by atoms with Gasteiger partial charge in [-0.2, -0.15) is 0 Å². The van der Waals surface area contributed by atoms with E-state index in [1.54, 1.807) is 0 Å². The normalized spacial score (nSPS) is 24.2. The first kappa shape index (κ1) is 13.5. The van der Waals surface area contributed by atoms with Crippen LogP contribution in [0.1, 0.15) is 26.7 Å². The minimum Gasteiger partial charge on any atom is -0.480 e. The van der Waals surface area contributed by atoms with Crippen LogP contribution in [0.3, 0.4) is 0 Å². The third kappa shape index (κ3) is 3.46. The first-order valence-corrected chi connectivity index (χ1v) is 6.05. The van der Waals surface area contributed by atoms with Crippen LogP contribution in [0, 0.1) is 5.92 Å². The third-order valence-electron chi connectivity index (χ3n) is 3.41. The summed E-state index contributed by atoms with van der Waals surface area (Å²) in [4.78, 5) is 15.6. The minimum absolute atomic E-state index is 0.337. The Morgan fingerprint density at radius 1 is 1.56 bits per heavy atom. The number of hydrogen-bond donors (Lipinski definition) is 1. The van der Waals surface area contributed by atoms with E-state index < -0.39 is 5.97 Å². The quantitative estimate of drug-likeness (QED) is 0.766. The molecule has 0 radical (unpaired) electrons. The van der Waals surface area contributed by atoms with Gasteiger partial charge in [0.05, 0.1) is 0 Å². The lowest BCUT2D eigenvalue weighted by molar-refractivity contribution is -0.144. The zero-order chi connectivity index (χ0) is 12.3. The number of carboxylic acid groups (broad SMARTS) is 1. The average molecular weight is 228 g/mol.